The van der Waals surface area contributed by atoms with Crippen LogP contribution in [0.1, 0.15) is 44.1 Å². The molecule has 0 unspecified atom stereocenters. The van der Waals surface area contributed by atoms with E-state index in [9.17, 15) is 4.79 Å². The lowest BCUT2D eigenvalue weighted by molar-refractivity contribution is -0.142. The van der Waals surface area contributed by atoms with Crippen molar-refractivity contribution in [2.75, 3.05) is 38.2 Å². The van der Waals surface area contributed by atoms with Crippen LogP contribution in [0.4, 0.5) is 5.95 Å². The SMILES string of the molecule is COC(=O)CC1CCN(Cc2cc(Oc3cnc(N4CCCCC4)nc3)nc(-c3cc(Cl)cc(Cl)c3)c2)CC1. The number of halogens is 2. The molecule has 0 amide bonds. The van der Waals surface area contributed by atoms with Gasteiger partial charge in [-0.05, 0) is 80.9 Å². The van der Waals surface area contributed by atoms with E-state index in [-0.39, 0.29) is 5.97 Å². The molecule has 0 N–H and O–H groups in total. The van der Waals surface area contributed by atoms with Gasteiger partial charge in [-0.25, -0.2) is 15.0 Å². The molecular weight excluding hydrogens is 537 g/mol. The molecule has 8 nitrogen and oxygen atoms in total. The fraction of sp³-hybridized carbons (Fsp3) is 0.448. The fourth-order valence-corrected chi connectivity index (χ4v) is 5.74. The number of methoxy groups -OCH3 is 1. The molecule has 1 aromatic carbocycles. The molecule has 0 atom stereocenters. The van der Waals surface area contributed by atoms with E-state index in [1.54, 1.807) is 18.5 Å². The van der Waals surface area contributed by atoms with Gasteiger partial charge in [0.05, 0.1) is 25.2 Å². The van der Waals surface area contributed by atoms with Gasteiger partial charge in [-0.1, -0.05) is 23.2 Å². The first-order valence-electron chi connectivity index (χ1n) is 13.5. The first-order chi connectivity index (χ1) is 18.9. The van der Waals surface area contributed by atoms with Gasteiger partial charge in [-0.2, -0.15) is 0 Å². The summed E-state index contributed by atoms with van der Waals surface area (Å²) in [5, 5.41) is 1.09. The smallest absolute Gasteiger partial charge is 0.305 e. The van der Waals surface area contributed by atoms with Crippen molar-refractivity contribution < 1.29 is 14.3 Å². The van der Waals surface area contributed by atoms with Gasteiger partial charge in [0, 0.05) is 47.7 Å². The van der Waals surface area contributed by atoms with Crippen molar-refractivity contribution in [3.63, 3.8) is 0 Å². The number of hydrogen-bond donors (Lipinski definition) is 0. The maximum absolute atomic E-state index is 11.7. The van der Waals surface area contributed by atoms with Crippen molar-refractivity contribution in [3.8, 4) is 22.9 Å². The summed E-state index contributed by atoms with van der Waals surface area (Å²) in [6, 6.07) is 9.39. The number of piperidine rings is 2. The van der Waals surface area contributed by atoms with E-state index in [1.165, 1.54) is 13.5 Å². The topological polar surface area (TPSA) is 80.7 Å². The van der Waals surface area contributed by atoms with Gasteiger partial charge in [0.1, 0.15) is 0 Å². The monoisotopic (exact) mass is 569 g/mol. The number of anilines is 1. The second-order valence-corrected chi connectivity index (χ2v) is 11.1. The van der Waals surface area contributed by atoms with E-state index in [1.807, 2.05) is 24.3 Å². The maximum atomic E-state index is 11.7. The Morgan fingerprint density at radius 3 is 2.31 bits per heavy atom. The van der Waals surface area contributed by atoms with Crippen LogP contribution in [-0.4, -0.2) is 59.1 Å². The number of carbonyl (C=O) groups is 1. The number of nitrogens with zero attached hydrogens (tertiary/aromatic N) is 5. The highest BCUT2D eigenvalue weighted by Gasteiger charge is 2.22. The molecule has 2 aromatic heterocycles. The van der Waals surface area contributed by atoms with Gasteiger partial charge in [-0.3, -0.25) is 9.69 Å². The third kappa shape index (κ3) is 7.59. The molecule has 2 saturated heterocycles. The third-order valence-electron chi connectivity index (χ3n) is 7.29. The van der Waals surface area contributed by atoms with Crippen molar-refractivity contribution in [1.82, 2.24) is 19.9 Å². The molecule has 2 aliphatic heterocycles. The number of pyridine rings is 1. The van der Waals surface area contributed by atoms with Crippen molar-refractivity contribution >= 4 is 35.1 Å². The van der Waals surface area contributed by atoms with Gasteiger partial charge >= 0.3 is 5.97 Å². The van der Waals surface area contributed by atoms with Crippen molar-refractivity contribution in [3.05, 3.63) is 58.3 Å². The lowest BCUT2D eigenvalue weighted by Crippen LogP contribution is -2.34. The van der Waals surface area contributed by atoms with Crippen LogP contribution < -0.4 is 9.64 Å². The lowest BCUT2D eigenvalue weighted by Gasteiger charge is -2.31. The molecule has 0 saturated carbocycles. The molecular formula is C29H33Cl2N5O3. The maximum Gasteiger partial charge on any atom is 0.305 e. The molecule has 206 valence electrons. The highest BCUT2D eigenvalue weighted by atomic mass is 35.5. The number of esters is 1. The molecule has 39 heavy (non-hydrogen) atoms. The molecule has 0 radical (unpaired) electrons. The molecule has 2 fully saturated rings. The van der Waals surface area contributed by atoms with Crippen LogP contribution in [0.15, 0.2) is 42.7 Å². The Morgan fingerprint density at radius 1 is 0.949 bits per heavy atom. The van der Waals surface area contributed by atoms with Gasteiger partial charge in [0.25, 0.3) is 0 Å². The molecule has 5 rings (SSSR count). The van der Waals surface area contributed by atoms with Crippen LogP contribution >= 0.6 is 23.2 Å². The van der Waals surface area contributed by atoms with Gasteiger partial charge in [-0.15, -0.1) is 0 Å². The minimum atomic E-state index is -0.137. The van der Waals surface area contributed by atoms with Crippen molar-refractivity contribution in [2.24, 2.45) is 5.92 Å². The third-order valence-corrected chi connectivity index (χ3v) is 7.73. The number of carbonyl (C=O) groups excluding carboxylic acids is 1. The lowest BCUT2D eigenvalue weighted by atomic mass is 9.93. The van der Waals surface area contributed by atoms with Crippen LogP contribution in [0.2, 0.25) is 10.0 Å². The van der Waals surface area contributed by atoms with Crippen molar-refractivity contribution in [2.45, 2.75) is 45.1 Å². The molecule has 0 bridgehead atoms. The quantitative estimate of drug-likeness (QED) is 0.288. The number of benzene rings is 1. The Morgan fingerprint density at radius 2 is 1.64 bits per heavy atom. The van der Waals surface area contributed by atoms with E-state index >= 15 is 0 Å². The van der Waals surface area contributed by atoms with E-state index in [0.717, 1.165) is 81.2 Å². The van der Waals surface area contributed by atoms with Crippen LogP contribution in [0, 0.1) is 5.92 Å². The second kappa shape index (κ2) is 12.9. The number of aromatic nitrogens is 3. The Bertz CT molecular complexity index is 1260. The van der Waals surface area contributed by atoms with E-state index < -0.39 is 0 Å². The highest BCUT2D eigenvalue weighted by Crippen LogP contribution is 2.31. The Hall–Kier alpha value is -2.94. The minimum Gasteiger partial charge on any atom is -0.469 e. The predicted octanol–water partition coefficient (Wildman–Crippen LogP) is 6.40. The van der Waals surface area contributed by atoms with E-state index in [4.69, 9.17) is 37.7 Å². The van der Waals surface area contributed by atoms with Crippen LogP contribution in [0.3, 0.4) is 0 Å². The molecule has 3 aromatic rings. The first-order valence-corrected chi connectivity index (χ1v) is 14.2. The average Bonchev–Trinajstić information content (AvgIpc) is 2.94. The zero-order valence-electron chi connectivity index (χ0n) is 22.1. The summed E-state index contributed by atoms with van der Waals surface area (Å²) in [4.78, 5) is 30.1. The Kier molecular flexibility index (Phi) is 9.17. The van der Waals surface area contributed by atoms with E-state index in [2.05, 4.69) is 19.8 Å². The average molecular weight is 571 g/mol. The predicted molar refractivity (Wildman–Crippen MR) is 152 cm³/mol. The summed E-state index contributed by atoms with van der Waals surface area (Å²) in [6.45, 7) is 4.51. The number of ether oxygens (including phenoxy) is 2. The summed E-state index contributed by atoms with van der Waals surface area (Å²) in [5.74, 6) is 1.94. The van der Waals surface area contributed by atoms with Gasteiger partial charge in [0.15, 0.2) is 5.75 Å². The molecule has 2 aliphatic rings. The number of rotatable bonds is 8. The summed E-state index contributed by atoms with van der Waals surface area (Å²) < 4.78 is 11.0. The van der Waals surface area contributed by atoms with Gasteiger partial charge in [0.2, 0.25) is 11.8 Å². The normalized spacial score (nSPS) is 16.7. The number of hydrogen-bond acceptors (Lipinski definition) is 8. The fourth-order valence-electron chi connectivity index (χ4n) is 5.22. The standard InChI is InChI=1S/C29H33Cl2N5O3/c1-38-28(37)13-20-5-9-35(10-6-20)19-21-11-26(22-14-23(30)16-24(31)15-22)34-27(12-21)39-25-17-32-29(33-18-25)36-7-3-2-4-8-36/h11-12,14-18,20H,2-10,13,19H2,1H3. The number of likely N-dealkylation sites (tertiary alicyclic amines) is 1. The van der Waals surface area contributed by atoms with Crippen LogP contribution in [-0.2, 0) is 16.1 Å². The Balaban J connectivity index is 1.34. The Labute approximate surface area is 239 Å². The van der Waals surface area contributed by atoms with E-state index in [0.29, 0.717) is 34.0 Å². The second-order valence-electron chi connectivity index (χ2n) is 10.2. The first kappa shape index (κ1) is 27.6. The highest BCUT2D eigenvalue weighted by molar-refractivity contribution is 6.35. The zero-order valence-corrected chi connectivity index (χ0v) is 23.6. The summed E-state index contributed by atoms with van der Waals surface area (Å²) in [6.07, 6.45) is 9.39. The molecule has 0 aliphatic carbocycles. The minimum absolute atomic E-state index is 0.137. The summed E-state index contributed by atoms with van der Waals surface area (Å²) >= 11 is 12.6. The van der Waals surface area contributed by atoms with Gasteiger partial charge < -0.3 is 14.4 Å². The zero-order chi connectivity index (χ0) is 27.2. The molecule has 0 spiro atoms. The van der Waals surface area contributed by atoms with Crippen LogP contribution in [0.5, 0.6) is 11.6 Å². The molecule has 10 heteroatoms. The summed E-state index contributed by atoms with van der Waals surface area (Å²) in [7, 11) is 1.44. The van der Waals surface area contributed by atoms with Crippen LogP contribution in [0.25, 0.3) is 11.3 Å². The summed E-state index contributed by atoms with van der Waals surface area (Å²) in [5.41, 5.74) is 2.59. The van der Waals surface area contributed by atoms with Crippen molar-refractivity contribution in [1.29, 1.82) is 0 Å². The largest absolute Gasteiger partial charge is 0.469 e. The molecule has 4 heterocycles.